The van der Waals surface area contributed by atoms with Crippen LogP contribution in [0.15, 0.2) is 12.7 Å². The van der Waals surface area contributed by atoms with Gasteiger partial charge in [-0.2, -0.15) is 0 Å². The minimum Gasteiger partial charge on any atom is -0.300 e. The van der Waals surface area contributed by atoms with Gasteiger partial charge in [0.05, 0.1) is 0 Å². The summed E-state index contributed by atoms with van der Waals surface area (Å²) in [5, 5.41) is 0. The molecule has 2 nitrogen and oxygen atoms in total. The molecule has 0 bridgehead atoms. The van der Waals surface area contributed by atoms with Crippen molar-refractivity contribution < 1.29 is 9.59 Å². The van der Waals surface area contributed by atoms with Crippen molar-refractivity contribution in [3.8, 4) is 0 Å². The fraction of sp³-hybridized carbons (Fsp3) is 0.556. The lowest BCUT2D eigenvalue weighted by Crippen LogP contribution is -1.85. The third kappa shape index (κ3) is 48.0. The summed E-state index contributed by atoms with van der Waals surface area (Å²) in [7, 11) is 0. The quantitative estimate of drug-likeness (QED) is 0.586. The minimum absolute atomic E-state index is 0.167. The summed E-state index contributed by atoms with van der Waals surface area (Å²) in [5.74, 6) is 0.403. The van der Waals surface area contributed by atoms with Gasteiger partial charge in [-0.3, -0.25) is 0 Å². The van der Waals surface area contributed by atoms with E-state index in [-0.39, 0.29) is 11.6 Å². The summed E-state index contributed by atoms with van der Waals surface area (Å²) in [6, 6.07) is 0. The average Bonchev–Trinajstić information content (AvgIpc) is 1.82. The van der Waals surface area contributed by atoms with E-state index in [4.69, 9.17) is 0 Å². The van der Waals surface area contributed by atoms with Gasteiger partial charge >= 0.3 is 0 Å². The lowest BCUT2D eigenvalue weighted by Gasteiger charge is -1.82. The van der Waals surface area contributed by atoms with Gasteiger partial charge in [-0.1, -0.05) is 6.08 Å². The zero-order chi connectivity index (χ0) is 9.28. The number of hydrogen-bond donors (Lipinski definition) is 0. The molecular weight excluding hydrogens is 140 g/mol. The maximum absolute atomic E-state index is 10.2. The van der Waals surface area contributed by atoms with E-state index >= 15 is 0 Å². The number of carbonyl (C=O) groups is 2. The van der Waals surface area contributed by atoms with Crippen molar-refractivity contribution in [1.29, 1.82) is 0 Å². The first-order chi connectivity index (χ1) is 5.00. The Morgan fingerprint density at radius 2 is 1.64 bits per heavy atom. The van der Waals surface area contributed by atoms with Crippen molar-refractivity contribution in [3.63, 3.8) is 0 Å². The third-order valence-corrected chi connectivity index (χ3v) is 0.701. The first-order valence-electron chi connectivity index (χ1n) is 3.58. The molecule has 0 aromatic carbocycles. The first-order valence-corrected chi connectivity index (χ1v) is 3.58. The van der Waals surface area contributed by atoms with Crippen LogP contribution in [0.4, 0.5) is 0 Å². The van der Waals surface area contributed by atoms with Gasteiger partial charge in [-0.25, -0.2) is 0 Å². The second kappa shape index (κ2) is 9.08. The lowest BCUT2D eigenvalue weighted by molar-refractivity contribution is -0.117. The number of ketones is 2. The van der Waals surface area contributed by atoms with Crippen LogP contribution in [0.3, 0.4) is 0 Å². The Balaban J connectivity index is 0. The van der Waals surface area contributed by atoms with E-state index in [9.17, 15) is 9.59 Å². The molecule has 0 aromatic heterocycles. The maximum atomic E-state index is 10.2. The van der Waals surface area contributed by atoms with Crippen molar-refractivity contribution >= 4 is 11.6 Å². The topological polar surface area (TPSA) is 34.1 Å². The Kier molecular flexibility index (Phi) is 10.5. The average molecular weight is 156 g/mol. The molecule has 0 rings (SSSR count). The number of carbonyl (C=O) groups excluding carboxylic acids is 2. The first kappa shape index (κ1) is 12.7. The summed E-state index contributed by atoms with van der Waals surface area (Å²) >= 11 is 0. The van der Waals surface area contributed by atoms with Crippen molar-refractivity contribution in [3.05, 3.63) is 12.7 Å². The van der Waals surface area contributed by atoms with E-state index in [0.717, 1.165) is 6.42 Å². The van der Waals surface area contributed by atoms with Crippen LogP contribution in [0.25, 0.3) is 0 Å². The Morgan fingerprint density at radius 3 is 1.73 bits per heavy atom. The third-order valence-electron chi connectivity index (χ3n) is 0.701. The molecule has 0 aliphatic heterocycles. The second-order valence-electron chi connectivity index (χ2n) is 2.44. The number of allylic oxidation sites excluding steroid dienone is 1. The molecule has 0 spiro atoms. The molecule has 0 amide bonds. The molecule has 0 aromatic rings. The Hall–Kier alpha value is -0.920. The van der Waals surface area contributed by atoms with Crippen LogP contribution >= 0.6 is 0 Å². The highest BCUT2D eigenvalue weighted by atomic mass is 16.1. The number of Topliss-reactive ketones (excluding diaryl/α,β-unsaturated/α-hetero) is 2. The van der Waals surface area contributed by atoms with Gasteiger partial charge in [0.2, 0.25) is 0 Å². The molecule has 0 N–H and O–H groups in total. The zero-order valence-electron chi connectivity index (χ0n) is 7.52. The van der Waals surface area contributed by atoms with E-state index in [1.165, 1.54) is 13.8 Å². The van der Waals surface area contributed by atoms with Gasteiger partial charge in [0, 0.05) is 6.42 Å². The normalized spacial score (nSPS) is 7.55. The lowest BCUT2D eigenvalue weighted by atomic mass is 10.2. The van der Waals surface area contributed by atoms with Crippen LogP contribution < -0.4 is 0 Å². The zero-order valence-corrected chi connectivity index (χ0v) is 7.52. The molecule has 2 heteroatoms. The summed E-state index contributed by atoms with van der Waals surface area (Å²) in [6.45, 7) is 8.12. The van der Waals surface area contributed by atoms with Crippen LogP contribution in [0.1, 0.15) is 33.6 Å². The standard InChI is InChI=1S/C6H10O.C3H6O/c1-3-4-5-6(2)7;1-3(2)4/h3H,1,4-5H2,2H3;1-2H3. The van der Waals surface area contributed by atoms with Crippen LogP contribution in [0.2, 0.25) is 0 Å². The van der Waals surface area contributed by atoms with Crippen molar-refractivity contribution in [2.75, 3.05) is 0 Å². The van der Waals surface area contributed by atoms with E-state index in [2.05, 4.69) is 6.58 Å². The Morgan fingerprint density at radius 1 is 1.27 bits per heavy atom. The fourth-order valence-corrected chi connectivity index (χ4v) is 0.305. The van der Waals surface area contributed by atoms with Gasteiger partial charge in [-0.05, 0) is 27.2 Å². The highest BCUT2D eigenvalue weighted by molar-refractivity contribution is 5.75. The van der Waals surface area contributed by atoms with Gasteiger partial charge in [0.15, 0.2) is 0 Å². The number of rotatable bonds is 3. The largest absolute Gasteiger partial charge is 0.300 e. The van der Waals surface area contributed by atoms with E-state index in [0.29, 0.717) is 6.42 Å². The second-order valence-corrected chi connectivity index (χ2v) is 2.44. The molecule has 11 heavy (non-hydrogen) atoms. The SMILES string of the molecule is C=CCCC(C)=O.CC(C)=O. The van der Waals surface area contributed by atoms with E-state index in [1.807, 2.05) is 0 Å². The van der Waals surface area contributed by atoms with Crippen LogP contribution in [-0.4, -0.2) is 11.6 Å². The minimum atomic E-state index is 0.167. The Labute approximate surface area is 68.3 Å². The molecule has 0 saturated heterocycles. The molecule has 0 unspecified atom stereocenters. The number of hydrogen-bond acceptors (Lipinski definition) is 2. The molecule has 0 aliphatic rings. The smallest absolute Gasteiger partial charge is 0.130 e. The highest BCUT2D eigenvalue weighted by Crippen LogP contribution is 1.88. The molecule has 0 saturated carbocycles. The molecular formula is C9H16O2. The predicted octanol–water partition coefficient (Wildman–Crippen LogP) is 2.14. The van der Waals surface area contributed by atoms with E-state index in [1.54, 1.807) is 13.0 Å². The molecule has 0 aliphatic carbocycles. The molecule has 0 fully saturated rings. The van der Waals surface area contributed by atoms with Crippen LogP contribution in [0, 0.1) is 0 Å². The van der Waals surface area contributed by atoms with Crippen LogP contribution in [0.5, 0.6) is 0 Å². The van der Waals surface area contributed by atoms with Crippen LogP contribution in [-0.2, 0) is 9.59 Å². The van der Waals surface area contributed by atoms with E-state index < -0.39 is 0 Å². The summed E-state index contributed by atoms with van der Waals surface area (Å²) < 4.78 is 0. The molecule has 0 radical (unpaired) electrons. The summed E-state index contributed by atoms with van der Waals surface area (Å²) in [5.41, 5.74) is 0. The van der Waals surface area contributed by atoms with Gasteiger partial charge < -0.3 is 9.59 Å². The molecule has 0 atom stereocenters. The molecule has 0 heterocycles. The monoisotopic (exact) mass is 156 g/mol. The van der Waals surface area contributed by atoms with Crippen molar-refractivity contribution in [2.24, 2.45) is 0 Å². The molecule has 64 valence electrons. The van der Waals surface area contributed by atoms with Gasteiger partial charge in [0.25, 0.3) is 0 Å². The highest BCUT2D eigenvalue weighted by Gasteiger charge is 1.85. The summed E-state index contributed by atoms with van der Waals surface area (Å²) in [4.78, 5) is 19.6. The van der Waals surface area contributed by atoms with Gasteiger partial charge in [0.1, 0.15) is 11.6 Å². The van der Waals surface area contributed by atoms with Gasteiger partial charge in [-0.15, -0.1) is 6.58 Å². The predicted molar refractivity (Wildman–Crippen MR) is 46.5 cm³/mol. The summed E-state index contributed by atoms with van der Waals surface area (Å²) in [6.07, 6.45) is 3.21. The maximum Gasteiger partial charge on any atom is 0.130 e. The van der Waals surface area contributed by atoms with Crippen molar-refractivity contribution in [2.45, 2.75) is 33.6 Å². The van der Waals surface area contributed by atoms with Crippen molar-refractivity contribution in [1.82, 2.24) is 0 Å². The Bertz CT molecular complexity index is 132. The fourth-order valence-electron chi connectivity index (χ4n) is 0.305.